The Kier molecular flexibility index (Phi) is 6.39. The number of amides is 1. The first-order valence-corrected chi connectivity index (χ1v) is 9.21. The van der Waals surface area contributed by atoms with Crippen molar-refractivity contribution in [1.29, 1.82) is 0 Å². The zero-order valence-electron chi connectivity index (χ0n) is 16.9. The minimum absolute atomic E-state index is 0.204. The minimum Gasteiger partial charge on any atom is -0.496 e. The highest BCUT2D eigenvalue weighted by atomic mass is 16.5. The molecular formula is C22H24N2O5. The van der Waals surface area contributed by atoms with Crippen molar-refractivity contribution >= 4 is 11.7 Å². The molecule has 0 radical (unpaired) electrons. The molecule has 1 amide bonds. The molecule has 3 rings (SSSR count). The molecule has 1 N–H and O–H groups in total. The second-order valence-corrected chi connectivity index (χ2v) is 6.31. The Morgan fingerprint density at radius 2 is 1.76 bits per heavy atom. The Morgan fingerprint density at radius 1 is 1.03 bits per heavy atom. The average molecular weight is 396 g/mol. The first-order chi connectivity index (χ1) is 14.1. The highest BCUT2D eigenvalue weighted by Gasteiger charge is 2.18. The average Bonchev–Trinajstić information content (AvgIpc) is 3.22. The molecule has 0 aliphatic heterocycles. The van der Waals surface area contributed by atoms with Gasteiger partial charge in [0.2, 0.25) is 0 Å². The quantitative estimate of drug-likeness (QED) is 0.617. The van der Waals surface area contributed by atoms with E-state index in [0.29, 0.717) is 35.2 Å². The topological polar surface area (TPSA) is 82.8 Å². The van der Waals surface area contributed by atoms with Gasteiger partial charge in [-0.3, -0.25) is 4.79 Å². The zero-order chi connectivity index (χ0) is 20.8. The van der Waals surface area contributed by atoms with Crippen LogP contribution in [-0.4, -0.2) is 32.2 Å². The third-order valence-corrected chi connectivity index (χ3v) is 4.53. The largest absolute Gasteiger partial charge is 0.496 e. The lowest BCUT2D eigenvalue weighted by Gasteiger charge is -2.14. The molecule has 7 heteroatoms. The lowest BCUT2D eigenvalue weighted by molar-refractivity contribution is 0.0994. The van der Waals surface area contributed by atoms with Crippen molar-refractivity contribution < 1.29 is 23.4 Å². The summed E-state index contributed by atoms with van der Waals surface area (Å²) in [7, 11) is 4.74. The Bertz CT molecular complexity index is 971. The van der Waals surface area contributed by atoms with Crippen LogP contribution in [0.15, 0.2) is 47.0 Å². The number of hydrogen-bond acceptors (Lipinski definition) is 6. The summed E-state index contributed by atoms with van der Waals surface area (Å²) < 4.78 is 22.0. The molecule has 1 aromatic carbocycles. The van der Waals surface area contributed by atoms with Crippen LogP contribution < -0.4 is 19.5 Å². The van der Waals surface area contributed by atoms with Crippen molar-refractivity contribution in [3.05, 3.63) is 65.2 Å². The molecule has 0 aliphatic rings. The van der Waals surface area contributed by atoms with Crippen LogP contribution >= 0.6 is 0 Å². The summed E-state index contributed by atoms with van der Waals surface area (Å²) in [5.41, 5.74) is 1.89. The van der Waals surface area contributed by atoms with Crippen LogP contribution in [0.25, 0.3) is 0 Å². The minimum atomic E-state index is -0.356. The molecule has 0 fully saturated rings. The van der Waals surface area contributed by atoms with Gasteiger partial charge < -0.3 is 23.9 Å². The summed E-state index contributed by atoms with van der Waals surface area (Å²) in [6, 6.07) is 10.7. The zero-order valence-corrected chi connectivity index (χ0v) is 16.9. The number of benzene rings is 1. The Labute approximate surface area is 169 Å². The lowest BCUT2D eigenvalue weighted by Crippen LogP contribution is -2.12. The van der Waals surface area contributed by atoms with Gasteiger partial charge in [-0.1, -0.05) is 6.92 Å². The monoisotopic (exact) mass is 396 g/mol. The van der Waals surface area contributed by atoms with Gasteiger partial charge in [-0.15, -0.1) is 0 Å². The van der Waals surface area contributed by atoms with Gasteiger partial charge in [0.25, 0.3) is 5.91 Å². The van der Waals surface area contributed by atoms with E-state index in [-0.39, 0.29) is 11.7 Å². The van der Waals surface area contributed by atoms with E-state index in [1.165, 1.54) is 0 Å². The first kappa shape index (κ1) is 20.3. The normalized spacial score (nSPS) is 10.5. The second kappa shape index (κ2) is 9.14. The van der Waals surface area contributed by atoms with E-state index in [4.69, 9.17) is 18.6 Å². The van der Waals surface area contributed by atoms with E-state index in [1.807, 2.05) is 19.1 Å². The molecule has 0 saturated carbocycles. The number of pyridine rings is 1. The van der Waals surface area contributed by atoms with Crippen LogP contribution in [0.3, 0.4) is 0 Å². The number of carbonyl (C=O) groups is 1. The van der Waals surface area contributed by atoms with Gasteiger partial charge in [0, 0.05) is 30.3 Å². The van der Waals surface area contributed by atoms with Gasteiger partial charge in [0.15, 0.2) is 5.76 Å². The molecule has 0 atom stereocenters. The fraction of sp³-hybridized carbons (Fsp3) is 0.273. The van der Waals surface area contributed by atoms with E-state index in [1.54, 1.807) is 51.8 Å². The molecular weight excluding hydrogens is 372 g/mol. The standard InChI is InChI=1S/C22H24N2O5/c1-5-14-8-9-23-21(10-14)24-22(25)18-7-6-15(29-18)11-17-19(27-3)12-16(26-2)13-20(17)28-4/h6-10,12-13H,5,11H2,1-4H3,(H,23,24,25). The molecule has 0 aliphatic carbocycles. The maximum atomic E-state index is 12.5. The van der Waals surface area contributed by atoms with Crippen molar-refractivity contribution in [2.45, 2.75) is 19.8 Å². The highest BCUT2D eigenvalue weighted by molar-refractivity contribution is 6.01. The number of nitrogens with one attached hydrogen (secondary N) is 1. The second-order valence-electron chi connectivity index (χ2n) is 6.31. The van der Waals surface area contributed by atoms with E-state index in [9.17, 15) is 4.79 Å². The van der Waals surface area contributed by atoms with Crippen LogP contribution in [0.4, 0.5) is 5.82 Å². The van der Waals surface area contributed by atoms with Crippen LogP contribution in [-0.2, 0) is 12.8 Å². The summed E-state index contributed by atoms with van der Waals surface area (Å²) in [5, 5.41) is 2.76. The molecule has 29 heavy (non-hydrogen) atoms. The Balaban J connectivity index is 1.79. The number of aryl methyl sites for hydroxylation is 1. The van der Waals surface area contributed by atoms with Crippen molar-refractivity contribution in [3.63, 3.8) is 0 Å². The van der Waals surface area contributed by atoms with Crippen LogP contribution in [0.2, 0.25) is 0 Å². The van der Waals surface area contributed by atoms with E-state index >= 15 is 0 Å². The van der Waals surface area contributed by atoms with Crippen molar-refractivity contribution in [3.8, 4) is 17.2 Å². The SMILES string of the molecule is CCc1ccnc(NC(=O)c2ccc(Cc3c(OC)cc(OC)cc3OC)o2)c1. The summed E-state index contributed by atoms with van der Waals surface area (Å²) in [4.78, 5) is 16.7. The number of methoxy groups -OCH3 is 3. The van der Waals surface area contributed by atoms with Gasteiger partial charge in [-0.2, -0.15) is 0 Å². The Morgan fingerprint density at radius 3 is 2.38 bits per heavy atom. The molecule has 3 aromatic rings. The van der Waals surface area contributed by atoms with E-state index < -0.39 is 0 Å². The first-order valence-electron chi connectivity index (χ1n) is 9.21. The predicted octanol–water partition coefficient (Wildman–Crippen LogP) is 4.11. The molecule has 0 spiro atoms. The predicted molar refractivity (Wildman–Crippen MR) is 109 cm³/mol. The molecule has 2 aromatic heterocycles. The number of furan rings is 1. The van der Waals surface area contributed by atoms with Crippen LogP contribution in [0, 0.1) is 0 Å². The summed E-state index contributed by atoms with van der Waals surface area (Å²) in [6.45, 7) is 2.04. The molecule has 152 valence electrons. The van der Waals surface area contributed by atoms with Gasteiger partial charge in [-0.25, -0.2) is 4.98 Å². The molecule has 0 saturated heterocycles. The van der Waals surface area contributed by atoms with Crippen molar-refractivity contribution in [2.75, 3.05) is 26.6 Å². The number of anilines is 1. The van der Waals surface area contributed by atoms with Crippen molar-refractivity contribution in [1.82, 2.24) is 4.98 Å². The molecule has 2 heterocycles. The van der Waals surface area contributed by atoms with E-state index in [0.717, 1.165) is 17.5 Å². The van der Waals surface area contributed by atoms with Crippen LogP contribution in [0.1, 0.15) is 34.4 Å². The number of hydrogen-bond donors (Lipinski definition) is 1. The number of carbonyl (C=O) groups excluding carboxylic acids is 1. The number of ether oxygens (including phenoxy) is 3. The van der Waals surface area contributed by atoms with Gasteiger partial charge in [-0.05, 0) is 36.2 Å². The molecule has 0 unspecified atom stereocenters. The smallest absolute Gasteiger partial charge is 0.292 e. The van der Waals surface area contributed by atoms with Gasteiger partial charge in [0.1, 0.15) is 28.8 Å². The summed E-state index contributed by atoms with van der Waals surface area (Å²) in [6.07, 6.45) is 2.93. The third kappa shape index (κ3) is 4.68. The summed E-state index contributed by atoms with van der Waals surface area (Å²) in [5.74, 6) is 2.80. The maximum Gasteiger partial charge on any atom is 0.292 e. The third-order valence-electron chi connectivity index (χ3n) is 4.53. The van der Waals surface area contributed by atoms with Gasteiger partial charge in [0.05, 0.1) is 21.3 Å². The summed E-state index contributed by atoms with van der Waals surface area (Å²) >= 11 is 0. The van der Waals surface area contributed by atoms with Gasteiger partial charge >= 0.3 is 0 Å². The number of nitrogens with zero attached hydrogens (tertiary/aromatic N) is 1. The number of aromatic nitrogens is 1. The van der Waals surface area contributed by atoms with Crippen molar-refractivity contribution in [2.24, 2.45) is 0 Å². The maximum absolute atomic E-state index is 12.5. The fourth-order valence-electron chi connectivity index (χ4n) is 2.96. The number of rotatable bonds is 8. The fourth-order valence-corrected chi connectivity index (χ4v) is 2.96. The highest BCUT2D eigenvalue weighted by Crippen LogP contribution is 2.35. The molecule has 7 nitrogen and oxygen atoms in total. The Hall–Kier alpha value is -3.48. The van der Waals surface area contributed by atoms with E-state index in [2.05, 4.69) is 10.3 Å². The van der Waals surface area contributed by atoms with Crippen LogP contribution in [0.5, 0.6) is 17.2 Å². The molecule has 0 bridgehead atoms. The lowest BCUT2D eigenvalue weighted by atomic mass is 10.1.